The summed E-state index contributed by atoms with van der Waals surface area (Å²) in [4.78, 5) is 38.7. The van der Waals surface area contributed by atoms with Crippen molar-refractivity contribution in [1.29, 1.82) is 0 Å². The first-order valence-electron chi connectivity index (χ1n) is 10.2. The highest BCUT2D eigenvalue weighted by Crippen LogP contribution is 2.08. The Morgan fingerprint density at radius 2 is 1.35 bits per heavy atom. The predicted octanol–water partition coefficient (Wildman–Crippen LogP) is 2.57. The van der Waals surface area contributed by atoms with Gasteiger partial charge in [0.15, 0.2) is 0 Å². The van der Waals surface area contributed by atoms with Crippen LogP contribution in [0.3, 0.4) is 0 Å². The molecular weight excluding hydrogens is 390 g/mol. The molecule has 0 spiro atoms. The molecule has 4 rings (SSSR count). The Balaban J connectivity index is 1.61. The van der Waals surface area contributed by atoms with E-state index in [9.17, 15) is 14.4 Å². The van der Waals surface area contributed by atoms with Crippen LogP contribution in [0.5, 0.6) is 0 Å². The van der Waals surface area contributed by atoms with E-state index in [4.69, 9.17) is 0 Å². The fourth-order valence-corrected chi connectivity index (χ4v) is 3.62. The number of rotatable bonds is 7. The van der Waals surface area contributed by atoms with Crippen molar-refractivity contribution >= 4 is 16.8 Å². The Bertz CT molecular complexity index is 1310. The summed E-state index contributed by atoms with van der Waals surface area (Å²) in [5.74, 6) is -0.270. The second kappa shape index (κ2) is 9.26. The number of carbonyl (C=O) groups is 1. The van der Waals surface area contributed by atoms with Crippen LogP contribution >= 0.6 is 0 Å². The lowest BCUT2D eigenvalue weighted by molar-refractivity contribution is -0.121. The smallest absolute Gasteiger partial charge is 0.332 e. The maximum atomic E-state index is 13.2. The number of hydrogen-bond acceptors (Lipinski definition) is 3. The van der Waals surface area contributed by atoms with Crippen LogP contribution < -0.4 is 16.6 Å². The van der Waals surface area contributed by atoms with Crippen LogP contribution in [0.4, 0.5) is 0 Å². The lowest BCUT2D eigenvalue weighted by Crippen LogP contribution is -2.43. The standard InChI is InChI=1S/C25H23N3O3/c29-23(26-16-15-19-9-3-1-4-10-19)18-27-22-14-8-7-13-21(22)24(30)28(25(27)31)17-20-11-5-2-6-12-20/h1-14H,15-18H2,(H,26,29). The van der Waals surface area contributed by atoms with Crippen molar-refractivity contribution < 1.29 is 4.79 Å². The van der Waals surface area contributed by atoms with E-state index in [0.717, 1.165) is 11.1 Å². The maximum Gasteiger partial charge on any atom is 0.332 e. The van der Waals surface area contributed by atoms with Gasteiger partial charge < -0.3 is 5.32 Å². The molecule has 3 aromatic carbocycles. The molecule has 0 aliphatic carbocycles. The quantitative estimate of drug-likeness (QED) is 0.506. The number of hydrogen-bond donors (Lipinski definition) is 1. The summed E-state index contributed by atoms with van der Waals surface area (Å²) >= 11 is 0. The summed E-state index contributed by atoms with van der Waals surface area (Å²) in [6, 6.07) is 26.1. The first-order chi connectivity index (χ1) is 15.1. The molecule has 1 N–H and O–H groups in total. The molecule has 0 saturated carbocycles. The van der Waals surface area contributed by atoms with Crippen molar-refractivity contribution in [3.8, 4) is 0 Å². The molecule has 0 atom stereocenters. The number of para-hydroxylation sites is 1. The number of amides is 1. The van der Waals surface area contributed by atoms with E-state index in [-0.39, 0.29) is 24.6 Å². The molecular formula is C25H23N3O3. The minimum atomic E-state index is -0.495. The molecule has 0 radical (unpaired) electrons. The predicted molar refractivity (Wildman–Crippen MR) is 121 cm³/mol. The molecule has 0 unspecified atom stereocenters. The van der Waals surface area contributed by atoms with Gasteiger partial charge in [0.1, 0.15) is 6.54 Å². The molecule has 6 heteroatoms. The Hall–Kier alpha value is -3.93. The number of nitrogens with zero attached hydrogens (tertiary/aromatic N) is 2. The molecule has 0 fully saturated rings. The monoisotopic (exact) mass is 413 g/mol. The fourth-order valence-electron chi connectivity index (χ4n) is 3.62. The SMILES string of the molecule is O=C(Cn1c(=O)n(Cc2ccccc2)c(=O)c2ccccc21)NCCc1ccccc1. The number of carbonyl (C=O) groups excluding carboxylic acids is 1. The Morgan fingerprint density at radius 1 is 0.742 bits per heavy atom. The first kappa shape index (κ1) is 20.3. The van der Waals surface area contributed by atoms with Crippen molar-refractivity contribution in [1.82, 2.24) is 14.5 Å². The van der Waals surface area contributed by atoms with Gasteiger partial charge in [-0.15, -0.1) is 0 Å². The third-order valence-electron chi connectivity index (χ3n) is 5.20. The maximum absolute atomic E-state index is 13.2. The molecule has 0 bridgehead atoms. The Kier molecular flexibility index (Phi) is 6.08. The van der Waals surface area contributed by atoms with Gasteiger partial charge in [0.05, 0.1) is 17.4 Å². The fraction of sp³-hybridized carbons (Fsp3) is 0.160. The van der Waals surface area contributed by atoms with Gasteiger partial charge in [-0.2, -0.15) is 0 Å². The molecule has 1 heterocycles. The lowest BCUT2D eigenvalue weighted by atomic mass is 10.1. The van der Waals surface area contributed by atoms with Crippen molar-refractivity contribution in [3.63, 3.8) is 0 Å². The van der Waals surface area contributed by atoms with Crippen LogP contribution in [0.25, 0.3) is 10.9 Å². The van der Waals surface area contributed by atoms with Gasteiger partial charge in [-0.1, -0.05) is 72.8 Å². The van der Waals surface area contributed by atoms with E-state index >= 15 is 0 Å². The largest absolute Gasteiger partial charge is 0.354 e. The highest BCUT2D eigenvalue weighted by molar-refractivity contribution is 5.81. The molecule has 1 amide bonds. The van der Waals surface area contributed by atoms with Gasteiger partial charge in [0.2, 0.25) is 5.91 Å². The summed E-state index contributed by atoms with van der Waals surface area (Å²) < 4.78 is 2.56. The van der Waals surface area contributed by atoms with Crippen molar-refractivity contribution in [2.24, 2.45) is 0 Å². The van der Waals surface area contributed by atoms with E-state index < -0.39 is 5.69 Å². The number of aromatic nitrogens is 2. The third kappa shape index (κ3) is 4.64. The summed E-state index contributed by atoms with van der Waals surface area (Å²) in [7, 11) is 0. The van der Waals surface area contributed by atoms with E-state index in [1.807, 2.05) is 60.7 Å². The third-order valence-corrected chi connectivity index (χ3v) is 5.20. The van der Waals surface area contributed by atoms with Crippen LogP contribution in [0, 0.1) is 0 Å². The second-order valence-electron chi connectivity index (χ2n) is 7.35. The molecule has 0 aliphatic rings. The molecule has 6 nitrogen and oxygen atoms in total. The molecule has 31 heavy (non-hydrogen) atoms. The zero-order valence-corrected chi connectivity index (χ0v) is 17.0. The second-order valence-corrected chi connectivity index (χ2v) is 7.35. The average Bonchev–Trinajstić information content (AvgIpc) is 2.81. The number of benzene rings is 3. The summed E-state index contributed by atoms with van der Waals surface area (Å²) in [6.07, 6.45) is 0.704. The van der Waals surface area contributed by atoms with Crippen molar-refractivity contribution in [2.45, 2.75) is 19.5 Å². The number of nitrogens with one attached hydrogen (secondary N) is 1. The van der Waals surface area contributed by atoms with Gasteiger partial charge in [-0.25, -0.2) is 4.79 Å². The van der Waals surface area contributed by atoms with Crippen molar-refractivity contribution in [3.05, 3.63) is 117 Å². The van der Waals surface area contributed by atoms with E-state index in [1.165, 1.54) is 9.13 Å². The van der Waals surface area contributed by atoms with Crippen LogP contribution in [0.15, 0.2) is 94.5 Å². The summed E-state index contributed by atoms with van der Waals surface area (Å²) in [5, 5.41) is 3.28. The zero-order chi connectivity index (χ0) is 21.6. The average molecular weight is 413 g/mol. The van der Waals surface area contributed by atoms with Gasteiger partial charge in [-0.05, 0) is 29.7 Å². The molecule has 0 saturated heterocycles. The molecule has 156 valence electrons. The van der Waals surface area contributed by atoms with Crippen LogP contribution in [-0.4, -0.2) is 21.6 Å². The topological polar surface area (TPSA) is 73.1 Å². The van der Waals surface area contributed by atoms with Crippen LogP contribution in [0.1, 0.15) is 11.1 Å². The van der Waals surface area contributed by atoms with Crippen molar-refractivity contribution in [2.75, 3.05) is 6.54 Å². The van der Waals surface area contributed by atoms with Crippen LogP contribution in [0.2, 0.25) is 0 Å². The Morgan fingerprint density at radius 3 is 2.06 bits per heavy atom. The van der Waals surface area contributed by atoms with Gasteiger partial charge in [0.25, 0.3) is 5.56 Å². The van der Waals surface area contributed by atoms with E-state index in [2.05, 4.69) is 5.32 Å². The summed E-state index contributed by atoms with van der Waals surface area (Å²) in [5.41, 5.74) is 1.58. The molecule has 0 aliphatic heterocycles. The molecule has 1 aromatic heterocycles. The van der Waals surface area contributed by atoms with Crippen LogP contribution in [-0.2, 0) is 24.3 Å². The Labute approximate surface area is 179 Å². The van der Waals surface area contributed by atoms with E-state index in [0.29, 0.717) is 23.9 Å². The molecule has 4 aromatic rings. The van der Waals surface area contributed by atoms with Gasteiger partial charge in [0, 0.05) is 6.54 Å². The lowest BCUT2D eigenvalue weighted by Gasteiger charge is -2.14. The van der Waals surface area contributed by atoms with Gasteiger partial charge >= 0.3 is 5.69 Å². The van der Waals surface area contributed by atoms with E-state index in [1.54, 1.807) is 24.3 Å². The zero-order valence-electron chi connectivity index (χ0n) is 17.0. The highest BCUT2D eigenvalue weighted by atomic mass is 16.2. The summed E-state index contributed by atoms with van der Waals surface area (Å²) in [6.45, 7) is 0.474. The van der Waals surface area contributed by atoms with Gasteiger partial charge in [-0.3, -0.25) is 18.7 Å². The minimum absolute atomic E-state index is 0.150. The first-order valence-corrected chi connectivity index (χ1v) is 10.2. The number of fused-ring (bicyclic) bond motifs is 1. The normalized spacial score (nSPS) is 10.8. The minimum Gasteiger partial charge on any atom is -0.354 e. The highest BCUT2D eigenvalue weighted by Gasteiger charge is 2.15.